The molecule has 1 aromatic rings. The van der Waals surface area contributed by atoms with Crippen molar-refractivity contribution in [3.63, 3.8) is 0 Å². The zero-order valence-electron chi connectivity index (χ0n) is 10.2. The molecule has 1 unspecified atom stereocenters. The predicted octanol–water partition coefficient (Wildman–Crippen LogP) is 3.21. The molecule has 0 saturated carbocycles. The second-order valence-electron chi connectivity index (χ2n) is 4.21. The molecule has 0 aliphatic carbocycles. The van der Waals surface area contributed by atoms with Gasteiger partial charge in [0.15, 0.2) is 5.75 Å². The lowest BCUT2D eigenvalue weighted by molar-refractivity contribution is 0.456. The molecule has 86 valence electrons. The molecule has 0 aliphatic heterocycles. The van der Waals surface area contributed by atoms with Crippen LogP contribution in [0.4, 0.5) is 0 Å². The predicted molar refractivity (Wildman–Crippen MR) is 62.2 cm³/mol. The summed E-state index contributed by atoms with van der Waals surface area (Å²) in [5.41, 5.74) is 1.75. The first-order valence-corrected chi connectivity index (χ1v) is 5.88. The summed E-state index contributed by atoms with van der Waals surface area (Å²) < 4.78 is 1.93. The molecule has 0 fully saturated rings. The number of hydrogen-bond donors (Lipinski definition) is 1. The zero-order chi connectivity index (χ0) is 11.4. The average molecular weight is 210 g/mol. The van der Waals surface area contributed by atoms with Crippen molar-refractivity contribution in [3.8, 4) is 5.75 Å². The van der Waals surface area contributed by atoms with Crippen molar-refractivity contribution >= 4 is 0 Å². The van der Waals surface area contributed by atoms with E-state index in [1.807, 2.05) is 11.6 Å². The highest BCUT2D eigenvalue weighted by molar-refractivity contribution is 5.33. The fourth-order valence-corrected chi connectivity index (χ4v) is 1.61. The van der Waals surface area contributed by atoms with Gasteiger partial charge in [0.2, 0.25) is 0 Å². The van der Waals surface area contributed by atoms with Crippen molar-refractivity contribution in [2.24, 2.45) is 0 Å². The minimum atomic E-state index is 0.339. The molecule has 0 amide bonds. The Balaban J connectivity index is 2.91. The monoisotopic (exact) mass is 210 g/mol. The first-order chi connectivity index (χ1) is 7.11. The van der Waals surface area contributed by atoms with Gasteiger partial charge in [0.1, 0.15) is 5.69 Å². The zero-order valence-corrected chi connectivity index (χ0v) is 10.2. The van der Waals surface area contributed by atoms with Crippen molar-refractivity contribution in [1.82, 2.24) is 9.78 Å². The summed E-state index contributed by atoms with van der Waals surface area (Å²) in [6.45, 7) is 9.22. The van der Waals surface area contributed by atoms with Gasteiger partial charge in [-0.15, -0.1) is 0 Å². The van der Waals surface area contributed by atoms with E-state index in [9.17, 15) is 5.11 Å². The molecule has 0 aromatic carbocycles. The van der Waals surface area contributed by atoms with Crippen molar-refractivity contribution in [3.05, 3.63) is 11.4 Å². The van der Waals surface area contributed by atoms with Crippen molar-refractivity contribution in [2.45, 2.75) is 59.4 Å². The third-order valence-corrected chi connectivity index (χ3v) is 3.00. The minimum Gasteiger partial charge on any atom is -0.504 e. The molecular formula is C12H22N2O. The molecular weight excluding hydrogens is 188 g/mol. The van der Waals surface area contributed by atoms with Crippen LogP contribution in [-0.4, -0.2) is 14.9 Å². The summed E-state index contributed by atoms with van der Waals surface area (Å²) in [5, 5.41) is 14.4. The Morgan fingerprint density at radius 1 is 1.40 bits per heavy atom. The maximum Gasteiger partial charge on any atom is 0.160 e. The lowest BCUT2D eigenvalue weighted by Gasteiger charge is -2.04. The molecule has 1 rings (SSSR count). The number of aromatic nitrogens is 2. The van der Waals surface area contributed by atoms with Gasteiger partial charge in [-0.25, -0.2) is 0 Å². The highest BCUT2D eigenvalue weighted by Gasteiger charge is 2.17. The Hall–Kier alpha value is -0.990. The van der Waals surface area contributed by atoms with Crippen LogP contribution in [0.5, 0.6) is 5.75 Å². The summed E-state index contributed by atoms with van der Waals surface area (Å²) >= 11 is 0. The van der Waals surface area contributed by atoms with Crippen molar-refractivity contribution in [1.29, 1.82) is 0 Å². The maximum atomic E-state index is 9.94. The summed E-state index contributed by atoms with van der Waals surface area (Å²) in [6, 6.07) is 0. The van der Waals surface area contributed by atoms with Crippen LogP contribution < -0.4 is 0 Å². The highest BCUT2D eigenvalue weighted by Crippen LogP contribution is 2.29. The third kappa shape index (κ3) is 2.52. The van der Waals surface area contributed by atoms with Gasteiger partial charge < -0.3 is 5.11 Å². The van der Waals surface area contributed by atoms with Gasteiger partial charge in [0.25, 0.3) is 0 Å². The highest BCUT2D eigenvalue weighted by atomic mass is 16.3. The molecule has 1 atom stereocenters. The Kier molecular flexibility index (Phi) is 4.18. The molecule has 1 heterocycles. The Bertz CT molecular complexity index is 318. The van der Waals surface area contributed by atoms with Gasteiger partial charge in [-0.05, 0) is 19.8 Å². The van der Waals surface area contributed by atoms with Crippen LogP contribution >= 0.6 is 0 Å². The molecule has 3 heteroatoms. The van der Waals surface area contributed by atoms with Crippen LogP contribution in [0.25, 0.3) is 0 Å². The average Bonchev–Trinajstić information content (AvgIpc) is 2.53. The van der Waals surface area contributed by atoms with Gasteiger partial charge in [-0.2, -0.15) is 5.10 Å². The van der Waals surface area contributed by atoms with E-state index >= 15 is 0 Å². The van der Waals surface area contributed by atoms with E-state index in [0.29, 0.717) is 11.7 Å². The third-order valence-electron chi connectivity index (χ3n) is 3.00. The van der Waals surface area contributed by atoms with E-state index in [-0.39, 0.29) is 0 Å². The van der Waals surface area contributed by atoms with Crippen molar-refractivity contribution in [2.75, 3.05) is 0 Å². The van der Waals surface area contributed by atoms with E-state index < -0.39 is 0 Å². The molecule has 1 N–H and O–H groups in total. The number of nitrogens with zero attached hydrogens (tertiary/aromatic N) is 2. The van der Waals surface area contributed by atoms with Crippen LogP contribution in [0, 0.1) is 6.92 Å². The van der Waals surface area contributed by atoms with E-state index in [1.165, 1.54) is 0 Å². The summed E-state index contributed by atoms with van der Waals surface area (Å²) in [7, 11) is 0. The van der Waals surface area contributed by atoms with Gasteiger partial charge >= 0.3 is 0 Å². The van der Waals surface area contributed by atoms with Crippen LogP contribution in [0.3, 0.4) is 0 Å². The van der Waals surface area contributed by atoms with Gasteiger partial charge in [-0.1, -0.05) is 27.2 Å². The standard InChI is InChI=1S/C12H22N2O/c1-5-7-8-14-10(4)12(15)11(13-14)9(3)6-2/h9,15H,5-8H2,1-4H3. The summed E-state index contributed by atoms with van der Waals surface area (Å²) in [6.07, 6.45) is 3.28. The first kappa shape index (κ1) is 12.1. The Morgan fingerprint density at radius 2 is 2.07 bits per heavy atom. The summed E-state index contributed by atoms with van der Waals surface area (Å²) in [4.78, 5) is 0. The van der Waals surface area contributed by atoms with Crippen LogP contribution in [0.2, 0.25) is 0 Å². The smallest absolute Gasteiger partial charge is 0.160 e. The molecule has 0 bridgehead atoms. The SMILES string of the molecule is CCCCn1nc(C(C)CC)c(O)c1C. The van der Waals surface area contributed by atoms with E-state index in [2.05, 4.69) is 25.9 Å². The second-order valence-corrected chi connectivity index (χ2v) is 4.21. The lowest BCUT2D eigenvalue weighted by Crippen LogP contribution is -2.03. The number of unbranched alkanes of at least 4 members (excludes halogenated alkanes) is 1. The van der Waals surface area contributed by atoms with E-state index in [4.69, 9.17) is 0 Å². The first-order valence-electron chi connectivity index (χ1n) is 5.88. The summed E-state index contributed by atoms with van der Waals surface area (Å²) in [5.74, 6) is 0.729. The fourth-order valence-electron chi connectivity index (χ4n) is 1.61. The Morgan fingerprint density at radius 3 is 2.60 bits per heavy atom. The number of rotatable bonds is 5. The van der Waals surface area contributed by atoms with Crippen LogP contribution in [0.15, 0.2) is 0 Å². The number of aryl methyl sites for hydroxylation is 1. The number of aromatic hydroxyl groups is 1. The van der Waals surface area contributed by atoms with Gasteiger partial charge in [-0.3, -0.25) is 4.68 Å². The normalized spacial score (nSPS) is 13.1. The largest absolute Gasteiger partial charge is 0.504 e. The lowest BCUT2D eigenvalue weighted by atomic mass is 10.0. The second kappa shape index (κ2) is 5.19. The van der Waals surface area contributed by atoms with Gasteiger partial charge in [0.05, 0.1) is 5.69 Å². The quantitative estimate of drug-likeness (QED) is 0.810. The molecule has 0 aliphatic rings. The van der Waals surface area contributed by atoms with Crippen LogP contribution in [0.1, 0.15) is 57.3 Å². The van der Waals surface area contributed by atoms with E-state index in [0.717, 1.165) is 37.2 Å². The molecule has 0 radical (unpaired) electrons. The molecule has 0 saturated heterocycles. The molecule has 3 nitrogen and oxygen atoms in total. The maximum absolute atomic E-state index is 9.94. The number of hydrogen-bond acceptors (Lipinski definition) is 2. The minimum absolute atomic E-state index is 0.339. The Labute approximate surface area is 92.1 Å². The van der Waals surface area contributed by atoms with Crippen molar-refractivity contribution < 1.29 is 5.11 Å². The molecule has 1 aromatic heterocycles. The molecule has 15 heavy (non-hydrogen) atoms. The fraction of sp³-hybridized carbons (Fsp3) is 0.750. The molecule has 0 spiro atoms. The van der Waals surface area contributed by atoms with Crippen LogP contribution in [-0.2, 0) is 6.54 Å². The van der Waals surface area contributed by atoms with E-state index in [1.54, 1.807) is 0 Å². The van der Waals surface area contributed by atoms with Gasteiger partial charge in [0, 0.05) is 12.5 Å². The topological polar surface area (TPSA) is 38.0 Å².